The van der Waals surface area contributed by atoms with E-state index < -0.39 is 0 Å². The molecule has 0 radical (unpaired) electrons. The molecule has 0 saturated carbocycles. The molecule has 1 fully saturated rings. The fourth-order valence-electron chi connectivity index (χ4n) is 3.42. The Morgan fingerprint density at radius 3 is 2.46 bits per heavy atom. The second-order valence-corrected chi connectivity index (χ2v) is 7.39. The molecule has 2 aromatic rings. The summed E-state index contributed by atoms with van der Waals surface area (Å²) in [4.78, 5) is 20.0. The Morgan fingerprint density at radius 2 is 1.83 bits per heavy atom. The van der Waals surface area contributed by atoms with Crippen molar-refractivity contribution in [1.82, 2.24) is 9.38 Å². The number of hydrogen-bond donors (Lipinski definition) is 0. The summed E-state index contributed by atoms with van der Waals surface area (Å²) in [7, 11) is 0. The first-order valence-electron chi connectivity index (χ1n) is 9.33. The molecular weight excluding hydrogens is 298 g/mol. The molecule has 4 heteroatoms. The highest BCUT2D eigenvalue weighted by Crippen LogP contribution is 2.27. The number of pyridine rings is 1. The van der Waals surface area contributed by atoms with Gasteiger partial charge in [0.2, 0.25) is 0 Å². The van der Waals surface area contributed by atoms with Gasteiger partial charge < -0.3 is 4.90 Å². The predicted octanol–water partition coefficient (Wildman–Crippen LogP) is 4.32. The van der Waals surface area contributed by atoms with Crippen LogP contribution in [-0.2, 0) is 0 Å². The van der Waals surface area contributed by atoms with Crippen LogP contribution in [0.3, 0.4) is 0 Å². The van der Waals surface area contributed by atoms with Crippen molar-refractivity contribution >= 4 is 11.5 Å². The van der Waals surface area contributed by atoms with Crippen LogP contribution in [0.15, 0.2) is 23.1 Å². The summed E-state index contributed by atoms with van der Waals surface area (Å²) in [6.07, 6.45) is 6.66. The van der Waals surface area contributed by atoms with Crippen molar-refractivity contribution in [2.75, 3.05) is 18.0 Å². The van der Waals surface area contributed by atoms with Gasteiger partial charge in [-0.15, -0.1) is 0 Å². The molecule has 2 aromatic heterocycles. The second kappa shape index (κ2) is 6.96. The summed E-state index contributed by atoms with van der Waals surface area (Å²) in [5, 5.41) is 0. The van der Waals surface area contributed by atoms with E-state index in [1.165, 1.54) is 30.4 Å². The lowest BCUT2D eigenvalue weighted by atomic mass is 9.95. The van der Waals surface area contributed by atoms with E-state index in [2.05, 4.69) is 38.7 Å². The standard InChI is InChI=1S/C20H29N3O/c1-5-15(4)17-11-16(14(2)3)13-23-19(24)12-18(21-20(17)23)22-9-7-6-8-10-22/h11-15H,5-10H2,1-4H3. The van der Waals surface area contributed by atoms with Crippen LogP contribution in [0.1, 0.15) is 76.3 Å². The van der Waals surface area contributed by atoms with Crippen LogP contribution in [-0.4, -0.2) is 22.5 Å². The molecular formula is C20H29N3O. The van der Waals surface area contributed by atoms with Gasteiger partial charge in [0, 0.05) is 25.4 Å². The van der Waals surface area contributed by atoms with E-state index >= 15 is 0 Å². The molecule has 1 saturated heterocycles. The number of rotatable bonds is 4. The number of piperidine rings is 1. The SMILES string of the molecule is CCC(C)c1cc(C(C)C)cn2c(=O)cc(N3CCCCC3)nc12. The zero-order chi connectivity index (χ0) is 17.3. The molecule has 0 aliphatic carbocycles. The third kappa shape index (κ3) is 3.19. The molecule has 0 spiro atoms. The van der Waals surface area contributed by atoms with Crippen LogP contribution in [0.4, 0.5) is 5.82 Å². The Balaban J connectivity index is 2.20. The van der Waals surface area contributed by atoms with E-state index in [1.807, 2.05) is 6.20 Å². The van der Waals surface area contributed by atoms with Crippen molar-refractivity contribution in [3.63, 3.8) is 0 Å². The highest BCUT2D eigenvalue weighted by molar-refractivity contribution is 5.56. The highest BCUT2D eigenvalue weighted by Gasteiger charge is 2.18. The monoisotopic (exact) mass is 327 g/mol. The normalized spacial score (nSPS) is 16.8. The molecule has 0 amide bonds. The van der Waals surface area contributed by atoms with Crippen LogP contribution in [0.5, 0.6) is 0 Å². The third-order valence-electron chi connectivity index (χ3n) is 5.29. The van der Waals surface area contributed by atoms with E-state index in [-0.39, 0.29) is 5.56 Å². The van der Waals surface area contributed by atoms with Gasteiger partial charge in [-0.2, -0.15) is 0 Å². The Bertz CT molecular complexity index is 772. The van der Waals surface area contributed by atoms with Crippen molar-refractivity contribution in [1.29, 1.82) is 0 Å². The van der Waals surface area contributed by atoms with Crippen LogP contribution < -0.4 is 10.5 Å². The molecule has 3 rings (SSSR count). The van der Waals surface area contributed by atoms with E-state index in [0.717, 1.165) is 31.0 Å². The number of aromatic nitrogens is 2. The maximum atomic E-state index is 12.8. The fraction of sp³-hybridized carbons (Fsp3) is 0.600. The lowest BCUT2D eigenvalue weighted by Crippen LogP contribution is -2.32. The third-order valence-corrected chi connectivity index (χ3v) is 5.29. The van der Waals surface area contributed by atoms with Crippen LogP contribution in [0.2, 0.25) is 0 Å². The largest absolute Gasteiger partial charge is 0.356 e. The summed E-state index contributed by atoms with van der Waals surface area (Å²) in [5.41, 5.74) is 3.27. The van der Waals surface area contributed by atoms with Crippen molar-refractivity contribution in [2.45, 2.75) is 65.2 Å². The minimum absolute atomic E-state index is 0.0348. The molecule has 4 nitrogen and oxygen atoms in total. The molecule has 0 aromatic carbocycles. The van der Waals surface area contributed by atoms with Gasteiger partial charge >= 0.3 is 0 Å². The molecule has 0 N–H and O–H groups in total. The van der Waals surface area contributed by atoms with E-state index in [9.17, 15) is 4.79 Å². The molecule has 24 heavy (non-hydrogen) atoms. The first-order chi connectivity index (χ1) is 11.5. The molecule has 3 heterocycles. The minimum atomic E-state index is 0.0348. The van der Waals surface area contributed by atoms with Gasteiger partial charge in [0.1, 0.15) is 11.5 Å². The van der Waals surface area contributed by atoms with Gasteiger partial charge in [-0.3, -0.25) is 9.20 Å². The molecule has 1 aliphatic heterocycles. The summed E-state index contributed by atoms with van der Waals surface area (Å²) in [6.45, 7) is 10.8. The van der Waals surface area contributed by atoms with Crippen molar-refractivity contribution < 1.29 is 0 Å². The van der Waals surface area contributed by atoms with E-state index in [0.29, 0.717) is 11.8 Å². The Kier molecular flexibility index (Phi) is 4.93. The number of fused-ring (bicyclic) bond motifs is 1. The Labute approximate surface area is 144 Å². The molecule has 0 bridgehead atoms. The van der Waals surface area contributed by atoms with Crippen LogP contribution >= 0.6 is 0 Å². The van der Waals surface area contributed by atoms with E-state index in [1.54, 1.807) is 10.5 Å². The maximum absolute atomic E-state index is 12.8. The first-order valence-corrected chi connectivity index (χ1v) is 9.33. The average Bonchev–Trinajstić information content (AvgIpc) is 2.60. The minimum Gasteiger partial charge on any atom is -0.356 e. The molecule has 1 unspecified atom stereocenters. The lowest BCUT2D eigenvalue weighted by molar-refractivity contribution is 0.573. The van der Waals surface area contributed by atoms with Gasteiger partial charge in [0.05, 0.1) is 0 Å². The smallest absolute Gasteiger partial charge is 0.259 e. The van der Waals surface area contributed by atoms with Crippen molar-refractivity contribution in [3.05, 3.63) is 39.8 Å². The fourth-order valence-corrected chi connectivity index (χ4v) is 3.42. The maximum Gasteiger partial charge on any atom is 0.259 e. The second-order valence-electron chi connectivity index (χ2n) is 7.39. The van der Waals surface area contributed by atoms with Crippen molar-refractivity contribution in [2.24, 2.45) is 0 Å². The Hall–Kier alpha value is -1.84. The molecule has 1 atom stereocenters. The lowest BCUT2D eigenvalue weighted by Gasteiger charge is -2.28. The number of anilines is 1. The molecule has 130 valence electrons. The van der Waals surface area contributed by atoms with Gasteiger partial charge in [-0.25, -0.2) is 4.98 Å². The highest BCUT2D eigenvalue weighted by atomic mass is 16.1. The Morgan fingerprint density at radius 1 is 1.12 bits per heavy atom. The topological polar surface area (TPSA) is 37.6 Å². The van der Waals surface area contributed by atoms with E-state index in [4.69, 9.17) is 4.98 Å². The van der Waals surface area contributed by atoms with Gasteiger partial charge in [-0.05, 0) is 48.6 Å². The van der Waals surface area contributed by atoms with Crippen LogP contribution in [0.25, 0.3) is 5.65 Å². The zero-order valence-electron chi connectivity index (χ0n) is 15.4. The quantitative estimate of drug-likeness (QED) is 0.839. The van der Waals surface area contributed by atoms with Gasteiger partial charge in [0.15, 0.2) is 0 Å². The number of hydrogen-bond acceptors (Lipinski definition) is 3. The van der Waals surface area contributed by atoms with Gasteiger partial charge in [-0.1, -0.05) is 33.8 Å². The summed E-state index contributed by atoms with van der Waals surface area (Å²) < 4.78 is 1.75. The summed E-state index contributed by atoms with van der Waals surface area (Å²) >= 11 is 0. The number of nitrogens with zero attached hydrogens (tertiary/aromatic N) is 3. The van der Waals surface area contributed by atoms with Crippen molar-refractivity contribution in [3.8, 4) is 0 Å². The molecule has 1 aliphatic rings. The van der Waals surface area contributed by atoms with Crippen LogP contribution in [0, 0.1) is 0 Å². The summed E-state index contributed by atoms with van der Waals surface area (Å²) in [6, 6.07) is 3.96. The average molecular weight is 327 g/mol. The first kappa shape index (κ1) is 17.0. The van der Waals surface area contributed by atoms with Gasteiger partial charge in [0.25, 0.3) is 5.56 Å². The predicted molar refractivity (Wildman–Crippen MR) is 100 cm³/mol. The zero-order valence-corrected chi connectivity index (χ0v) is 15.4. The summed E-state index contributed by atoms with van der Waals surface area (Å²) in [5.74, 6) is 1.63.